The summed E-state index contributed by atoms with van der Waals surface area (Å²) in [6.07, 6.45) is 0.117. The Morgan fingerprint density at radius 1 is 1.82 bits per heavy atom. The number of nitrogens with one attached hydrogen (secondary N) is 2. The minimum atomic E-state index is -0.932. The summed E-state index contributed by atoms with van der Waals surface area (Å²) in [6.45, 7) is 4.54. The fourth-order valence-corrected chi connectivity index (χ4v) is 1.31. The van der Waals surface area contributed by atoms with Gasteiger partial charge in [-0.2, -0.15) is 0 Å². The predicted octanol–water partition coefficient (Wildman–Crippen LogP) is 0.254. The molecule has 1 rings (SSSR count). The number of amides is 1. The second-order valence-electron chi connectivity index (χ2n) is 3.40. The number of rotatable bonds is 2. The highest BCUT2D eigenvalue weighted by atomic mass is 16.4. The molecule has 0 spiro atoms. The van der Waals surface area contributed by atoms with Gasteiger partial charge in [0.2, 0.25) is 0 Å². The maximum absolute atomic E-state index is 10.2. The molecule has 0 aromatic heterocycles. The van der Waals surface area contributed by atoms with Crippen LogP contribution in [0.25, 0.3) is 0 Å². The molecule has 3 N–H and O–H groups in total. The Balaban J connectivity index is 2.28. The van der Waals surface area contributed by atoms with Crippen LogP contribution < -0.4 is 10.6 Å². The highest BCUT2D eigenvalue weighted by Crippen LogP contribution is 2.22. The van der Waals surface area contributed by atoms with E-state index >= 15 is 0 Å². The predicted molar refractivity (Wildman–Crippen MR) is 41.6 cm³/mol. The molecule has 0 radical (unpaired) electrons. The molecule has 1 atom stereocenters. The molecule has 0 aromatic rings. The topological polar surface area (TPSA) is 61.4 Å². The van der Waals surface area contributed by atoms with E-state index in [1.54, 1.807) is 0 Å². The fraction of sp³-hybridized carbons (Fsp3) is 0.857. The van der Waals surface area contributed by atoms with Crippen LogP contribution in [-0.4, -0.2) is 30.8 Å². The summed E-state index contributed by atoms with van der Waals surface area (Å²) in [5.41, 5.74) is 0.123. The third-order valence-electron chi connectivity index (χ3n) is 2.12. The van der Waals surface area contributed by atoms with E-state index in [9.17, 15) is 4.79 Å². The van der Waals surface area contributed by atoms with Crippen LogP contribution in [0.3, 0.4) is 0 Å². The number of carboxylic acid groups (broad SMARTS) is 1. The van der Waals surface area contributed by atoms with Crippen molar-refractivity contribution in [1.82, 2.24) is 10.6 Å². The van der Waals surface area contributed by atoms with Gasteiger partial charge in [0.15, 0.2) is 0 Å². The largest absolute Gasteiger partial charge is 0.465 e. The minimum absolute atomic E-state index is 0.123. The van der Waals surface area contributed by atoms with Crippen molar-refractivity contribution < 1.29 is 9.90 Å². The van der Waals surface area contributed by atoms with Gasteiger partial charge in [-0.1, -0.05) is 6.92 Å². The van der Waals surface area contributed by atoms with E-state index in [4.69, 9.17) is 5.11 Å². The molecule has 11 heavy (non-hydrogen) atoms. The van der Waals surface area contributed by atoms with Crippen molar-refractivity contribution in [1.29, 1.82) is 0 Å². The Hall–Kier alpha value is -0.770. The lowest BCUT2D eigenvalue weighted by molar-refractivity contribution is 0.188. The second-order valence-corrected chi connectivity index (χ2v) is 3.40. The molecule has 1 fully saturated rings. The Labute approximate surface area is 66.0 Å². The fourth-order valence-electron chi connectivity index (χ4n) is 1.31. The van der Waals surface area contributed by atoms with Gasteiger partial charge < -0.3 is 15.7 Å². The molecule has 0 saturated carbocycles. The van der Waals surface area contributed by atoms with Crippen molar-refractivity contribution in [2.24, 2.45) is 5.41 Å². The van der Waals surface area contributed by atoms with Gasteiger partial charge in [-0.05, 0) is 18.4 Å². The second kappa shape index (κ2) is 3.09. The molecule has 0 bridgehead atoms. The summed E-state index contributed by atoms with van der Waals surface area (Å²) >= 11 is 0. The van der Waals surface area contributed by atoms with Crippen LogP contribution in [0.15, 0.2) is 0 Å². The molecule has 64 valence electrons. The van der Waals surface area contributed by atoms with Crippen molar-refractivity contribution in [3.8, 4) is 0 Å². The maximum Gasteiger partial charge on any atom is 0.404 e. The molecule has 4 heteroatoms. The number of hydrogen-bond donors (Lipinski definition) is 3. The summed E-state index contributed by atoms with van der Waals surface area (Å²) < 4.78 is 0. The molecule has 1 heterocycles. The standard InChI is InChI=1S/C7H14N2O2/c1-7(2-3-8-4-7)5-9-6(10)11/h8-9H,2-5H2,1H3,(H,10,11). The average molecular weight is 158 g/mol. The molecule has 0 aromatic carbocycles. The zero-order valence-corrected chi connectivity index (χ0v) is 6.68. The van der Waals surface area contributed by atoms with Crippen LogP contribution in [0.4, 0.5) is 4.79 Å². The van der Waals surface area contributed by atoms with E-state index in [0.29, 0.717) is 6.54 Å². The third kappa shape index (κ3) is 2.38. The molecule has 1 aliphatic heterocycles. The lowest BCUT2D eigenvalue weighted by Crippen LogP contribution is -2.36. The van der Waals surface area contributed by atoms with Crippen molar-refractivity contribution in [2.45, 2.75) is 13.3 Å². The van der Waals surface area contributed by atoms with Crippen molar-refractivity contribution in [2.75, 3.05) is 19.6 Å². The van der Waals surface area contributed by atoms with Crippen LogP contribution in [0.2, 0.25) is 0 Å². The summed E-state index contributed by atoms with van der Waals surface area (Å²) in [5, 5.41) is 14.0. The summed E-state index contributed by atoms with van der Waals surface area (Å²) in [4.78, 5) is 10.2. The van der Waals surface area contributed by atoms with Gasteiger partial charge in [-0.15, -0.1) is 0 Å². The molecule has 0 aliphatic carbocycles. The molecule has 1 unspecified atom stereocenters. The van der Waals surface area contributed by atoms with Crippen molar-refractivity contribution in [3.05, 3.63) is 0 Å². The van der Waals surface area contributed by atoms with E-state index in [1.807, 2.05) is 0 Å². The van der Waals surface area contributed by atoms with Gasteiger partial charge in [0.25, 0.3) is 0 Å². The first-order valence-electron chi connectivity index (χ1n) is 3.80. The lowest BCUT2D eigenvalue weighted by Gasteiger charge is -2.21. The first-order chi connectivity index (χ1) is 5.12. The molecular weight excluding hydrogens is 144 g/mol. The highest BCUT2D eigenvalue weighted by molar-refractivity contribution is 5.64. The summed E-state index contributed by atoms with van der Waals surface area (Å²) in [7, 11) is 0. The third-order valence-corrected chi connectivity index (χ3v) is 2.12. The van der Waals surface area contributed by atoms with E-state index in [-0.39, 0.29) is 5.41 Å². The Bertz CT molecular complexity index is 153. The van der Waals surface area contributed by atoms with Crippen LogP contribution in [-0.2, 0) is 0 Å². The van der Waals surface area contributed by atoms with Crippen molar-refractivity contribution in [3.63, 3.8) is 0 Å². The van der Waals surface area contributed by atoms with Gasteiger partial charge in [0, 0.05) is 13.1 Å². The normalized spacial score (nSPS) is 30.3. The quantitative estimate of drug-likeness (QED) is 0.540. The molecular formula is C7H14N2O2. The van der Waals surface area contributed by atoms with Gasteiger partial charge in [0.05, 0.1) is 0 Å². The number of carbonyl (C=O) groups is 1. The molecule has 4 nitrogen and oxygen atoms in total. The summed E-state index contributed by atoms with van der Waals surface area (Å²) in [5.74, 6) is 0. The molecule has 1 amide bonds. The molecule has 1 aliphatic rings. The van der Waals surface area contributed by atoms with E-state index in [1.165, 1.54) is 0 Å². The Morgan fingerprint density at radius 2 is 2.55 bits per heavy atom. The first-order valence-corrected chi connectivity index (χ1v) is 3.80. The number of hydrogen-bond acceptors (Lipinski definition) is 2. The first kappa shape index (κ1) is 8.33. The van der Waals surface area contributed by atoms with Crippen molar-refractivity contribution >= 4 is 6.09 Å². The van der Waals surface area contributed by atoms with Crippen LogP contribution in [0, 0.1) is 5.41 Å². The van der Waals surface area contributed by atoms with Gasteiger partial charge in [-0.3, -0.25) is 0 Å². The maximum atomic E-state index is 10.2. The SMILES string of the molecule is CC1(CNC(=O)O)CCNC1. The Kier molecular flexibility index (Phi) is 2.34. The highest BCUT2D eigenvalue weighted by Gasteiger charge is 2.28. The zero-order chi connectivity index (χ0) is 8.32. The van der Waals surface area contributed by atoms with Crippen LogP contribution >= 0.6 is 0 Å². The summed E-state index contributed by atoms with van der Waals surface area (Å²) in [6, 6.07) is 0. The van der Waals surface area contributed by atoms with Gasteiger partial charge in [-0.25, -0.2) is 4.79 Å². The smallest absolute Gasteiger partial charge is 0.404 e. The zero-order valence-electron chi connectivity index (χ0n) is 6.68. The van der Waals surface area contributed by atoms with E-state index in [2.05, 4.69) is 17.6 Å². The van der Waals surface area contributed by atoms with E-state index in [0.717, 1.165) is 19.5 Å². The lowest BCUT2D eigenvalue weighted by atomic mass is 9.90. The van der Waals surface area contributed by atoms with Crippen LogP contribution in [0.5, 0.6) is 0 Å². The monoisotopic (exact) mass is 158 g/mol. The minimum Gasteiger partial charge on any atom is -0.465 e. The molecule has 1 saturated heterocycles. The Morgan fingerprint density at radius 3 is 3.00 bits per heavy atom. The van der Waals surface area contributed by atoms with Crippen LogP contribution in [0.1, 0.15) is 13.3 Å². The van der Waals surface area contributed by atoms with E-state index < -0.39 is 6.09 Å². The van der Waals surface area contributed by atoms with Gasteiger partial charge >= 0.3 is 6.09 Å². The van der Waals surface area contributed by atoms with Gasteiger partial charge in [0.1, 0.15) is 0 Å². The average Bonchev–Trinajstić information content (AvgIpc) is 2.33.